The number of nitrogens with zero attached hydrogens (tertiary/aromatic N) is 1. The number of nitrogens with one attached hydrogen (secondary N) is 1. The molecule has 11 heteroatoms. The van der Waals surface area contributed by atoms with Crippen LogP contribution in [0, 0.1) is 3.57 Å². The molecule has 0 aromatic heterocycles. The zero-order valence-electron chi connectivity index (χ0n) is 29.3. The van der Waals surface area contributed by atoms with Crippen LogP contribution in [0.2, 0.25) is 0 Å². The summed E-state index contributed by atoms with van der Waals surface area (Å²) in [6.07, 6.45) is 10.6. The summed E-state index contributed by atoms with van der Waals surface area (Å²) >= 11 is 2.08. The molecule has 0 aliphatic heterocycles. The Morgan fingerprint density at radius 1 is 0.959 bits per heavy atom. The molecule has 10 nitrogen and oxygen atoms in total. The summed E-state index contributed by atoms with van der Waals surface area (Å²) in [7, 11) is 3.11. The summed E-state index contributed by atoms with van der Waals surface area (Å²) in [6.45, 7) is 2.19. The van der Waals surface area contributed by atoms with E-state index in [2.05, 4.69) is 34.8 Å². The van der Waals surface area contributed by atoms with E-state index in [1.165, 1.54) is 39.2 Å². The fraction of sp³-hybridized carbons (Fsp3) is 0.579. The molecule has 3 atom stereocenters. The third kappa shape index (κ3) is 12.4. The highest BCUT2D eigenvalue weighted by atomic mass is 127. The molecule has 0 heterocycles. The van der Waals surface area contributed by atoms with Gasteiger partial charge in [-0.1, -0.05) is 76.5 Å². The third-order valence-corrected chi connectivity index (χ3v) is 9.77. The fourth-order valence-electron chi connectivity index (χ4n) is 6.25. The van der Waals surface area contributed by atoms with Crippen LogP contribution >= 0.6 is 22.6 Å². The number of benzene rings is 2. The van der Waals surface area contributed by atoms with Crippen LogP contribution in [0.25, 0.3) is 0 Å². The molecule has 0 fully saturated rings. The predicted octanol–water partition coefficient (Wildman–Crippen LogP) is 5.71. The fourth-order valence-corrected chi connectivity index (χ4v) is 7.04. The van der Waals surface area contributed by atoms with Crippen molar-refractivity contribution >= 4 is 34.4 Å². The number of carbonyl (C=O) groups is 2. The molecular weight excluding hydrogens is 739 g/mol. The van der Waals surface area contributed by atoms with Gasteiger partial charge in [-0.2, -0.15) is 0 Å². The first kappa shape index (κ1) is 40.6. The molecule has 2 aromatic carbocycles. The number of halogens is 1. The van der Waals surface area contributed by atoms with Crippen molar-refractivity contribution in [2.45, 2.75) is 109 Å². The largest absolute Gasteiger partial charge is 0.496 e. The van der Waals surface area contributed by atoms with Crippen molar-refractivity contribution in [1.82, 2.24) is 10.2 Å². The lowest BCUT2D eigenvalue weighted by atomic mass is 9.87. The minimum absolute atomic E-state index is 0.0678. The van der Waals surface area contributed by atoms with Gasteiger partial charge in [0.05, 0.1) is 37.0 Å². The molecule has 3 rings (SSSR count). The van der Waals surface area contributed by atoms with Gasteiger partial charge in [-0.15, -0.1) is 0 Å². The van der Waals surface area contributed by atoms with Crippen molar-refractivity contribution in [3.63, 3.8) is 0 Å². The average Bonchev–Trinajstić information content (AvgIpc) is 3.11. The third-order valence-electron chi connectivity index (χ3n) is 8.97. The Morgan fingerprint density at radius 2 is 1.63 bits per heavy atom. The molecule has 3 unspecified atom stereocenters. The molecule has 4 N–H and O–H groups in total. The molecule has 0 bridgehead atoms. The average molecular weight is 795 g/mol. The predicted molar refractivity (Wildman–Crippen MR) is 199 cm³/mol. The molecule has 0 saturated carbocycles. The van der Waals surface area contributed by atoms with Gasteiger partial charge in [-0.05, 0) is 70.8 Å². The van der Waals surface area contributed by atoms with Gasteiger partial charge in [-0.25, -0.2) is 0 Å². The molecular formula is C38H55IN2O8. The zero-order chi connectivity index (χ0) is 35.6. The maximum atomic E-state index is 14.1. The zero-order valence-corrected chi connectivity index (χ0v) is 31.5. The van der Waals surface area contributed by atoms with Gasteiger partial charge in [0.2, 0.25) is 11.8 Å². The molecule has 272 valence electrons. The monoisotopic (exact) mass is 794 g/mol. The SMILES string of the molecule is CCCCCCCCCCCC(=O)N(CCc1ccccc1OC)C1CC(C(=O)NCCO)=CC(Oc2c(I)cc(CO)cc2OC)C1O. The Morgan fingerprint density at radius 3 is 2.29 bits per heavy atom. The van der Waals surface area contributed by atoms with Crippen molar-refractivity contribution in [3.8, 4) is 17.2 Å². The van der Waals surface area contributed by atoms with Crippen molar-refractivity contribution in [1.29, 1.82) is 0 Å². The van der Waals surface area contributed by atoms with Gasteiger partial charge in [0.25, 0.3) is 0 Å². The number of carbonyl (C=O) groups excluding carboxylic acids is 2. The summed E-state index contributed by atoms with van der Waals surface area (Å²) < 4.78 is 18.2. The van der Waals surface area contributed by atoms with Crippen LogP contribution in [-0.2, 0) is 22.6 Å². The van der Waals surface area contributed by atoms with E-state index >= 15 is 0 Å². The smallest absolute Gasteiger partial charge is 0.247 e. The Kier molecular flexibility index (Phi) is 18.3. The van der Waals surface area contributed by atoms with Gasteiger partial charge in [-0.3, -0.25) is 9.59 Å². The van der Waals surface area contributed by atoms with Crippen LogP contribution in [0.4, 0.5) is 0 Å². The molecule has 0 saturated heterocycles. The molecule has 1 aliphatic rings. The van der Waals surface area contributed by atoms with E-state index in [-0.39, 0.29) is 32.1 Å². The number of methoxy groups -OCH3 is 2. The highest BCUT2D eigenvalue weighted by Crippen LogP contribution is 2.37. The van der Waals surface area contributed by atoms with E-state index in [1.54, 1.807) is 30.2 Å². The van der Waals surface area contributed by atoms with Gasteiger partial charge >= 0.3 is 0 Å². The number of aliphatic hydroxyl groups is 3. The molecule has 0 spiro atoms. The molecule has 49 heavy (non-hydrogen) atoms. The van der Waals surface area contributed by atoms with Gasteiger partial charge in [0.1, 0.15) is 18.0 Å². The van der Waals surface area contributed by atoms with Crippen LogP contribution in [-0.4, -0.2) is 84.2 Å². The van der Waals surface area contributed by atoms with Gasteiger partial charge < -0.3 is 39.7 Å². The number of unbranched alkanes of at least 4 members (excludes halogenated alkanes) is 8. The Labute approximate surface area is 305 Å². The summed E-state index contributed by atoms with van der Waals surface area (Å²) in [5, 5.41) is 33.7. The maximum Gasteiger partial charge on any atom is 0.247 e. The standard InChI is InChI=1S/C38H55IN2O8/c1-4-5-6-7-8-9-10-11-12-17-35(44)41(20-18-28-15-13-14-16-32(28)47-2)31-24-29(38(46)40-19-21-42)25-33(36(31)45)49-37-30(39)22-27(26-43)23-34(37)48-3/h13-16,22-23,25,31,33,36,42-43,45H,4-12,17-21,24,26H2,1-3H3,(H,40,46). The maximum absolute atomic E-state index is 14.1. The van der Waals surface area contributed by atoms with Crippen molar-refractivity contribution in [3.05, 3.63) is 62.7 Å². The van der Waals surface area contributed by atoms with Crippen molar-refractivity contribution in [2.75, 3.05) is 33.9 Å². The number of rotatable bonds is 22. The van der Waals surface area contributed by atoms with Crippen LogP contribution < -0.4 is 19.5 Å². The van der Waals surface area contributed by atoms with E-state index in [0.717, 1.165) is 37.0 Å². The number of hydrogen-bond donors (Lipinski definition) is 4. The first-order valence-corrected chi connectivity index (χ1v) is 18.7. The number of ether oxygens (including phenoxy) is 3. The van der Waals surface area contributed by atoms with Crippen LogP contribution in [0.3, 0.4) is 0 Å². The van der Waals surface area contributed by atoms with E-state index < -0.39 is 24.2 Å². The second-order valence-electron chi connectivity index (χ2n) is 12.5. The lowest BCUT2D eigenvalue weighted by molar-refractivity contribution is -0.138. The van der Waals surface area contributed by atoms with E-state index in [1.807, 2.05) is 24.3 Å². The number of para-hydroxylation sites is 1. The van der Waals surface area contributed by atoms with Crippen LogP contribution in [0.5, 0.6) is 17.2 Å². The topological polar surface area (TPSA) is 138 Å². The first-order valence-electron chi connectivity index (χ1n) is 17.6. The Balaban J connectivity index is 1.88. The first-order chi connectivity index (χ1) is 23.8. The van der Waals surface area contributed by atoms with Gasteiger partial charge in [0, 0.05) is 31.5 Å². The second kappa shape index (κ2) is 22.1. The number of amides is 2. The van der Waals surface area contributed by atoms with E-state index in [4.69, 9.17) is 14.2 Å². The van der Waals surface area contributed by atoms with E-state index in [0.29, 0.717) is 45.6 Å². The normalized spacial score (nSPS) is 17.3. The molecule has 2 amide bonds. The number of hydrogen-bond acceptors (Lipinski definition) is 8. The van der Waals surface area contributed by atoms with Crippen LogP contribution in [0.1, 0.15) is 88.7 Å². The van der Waals surface area contributed by atoms with Gasteiger partial charge in [0.15, 0.2) is 11.5 Å². The van der Waals surface area contributed by atoms with Crippen molar-refractivity contribution < 1.29 is 39.1 Å². The second-order valence-corrected chi connectivity index (χ2v) is 13.7. The van der Waals surface area contributed by atoms with Crippen molar-refractivity contribution in [2.24, 2.45) is 0 Å². The number of aliphatic hydroxyl groups excluding tert-OH is 3. The Hall–Kier alpha value is -2.87. The highest BCUT2D eigenvalue weighted by Gasteiger charge is 2.40. The lowest BCUT2D eigenvalue weighted by Crippen LogP contribution is -2.55. The highest BCUT2D eigenvalue weighted by molar-refractivity contribution is 14.1. The van der Waals surface area contributed by atoms with E-state index in [9.17, 15) is 24.9 Å². The summed E-state index contributed by atoms with van der Waals surface area (Å²) in [4.78, 5) is 29.1. The Bertz CT molecular complexity index is 1350. The molecule has 2 aromatic rings. The molecule has 0 radical (unpaired) electrons. The summed E-state index contributed by atoms with van der Waals surface area (Å²) in [5.41, 5.74) is 1.93. The summed E-state index contributed by atoms with van der Waals surface area (Å²) in [5.74, 6) is 0.971. The van der Waals surface area contributed by atoms with Crippen LogP contribution in [0.15, 0.2) is 48.0 Å². The molecule has 1 aliphatic carbocycles. The minimum Gasteiger partial charge on any atom is -0.496 e. The minimum atomic E-state index is -1.17. The lowest BCUT2D eigenvalue weighted by Gasteiger charge is -2.41. The quantitative estimate of drug-likeness (QED) is 0.0880. The summed E-state index contributed by atoms with van der Waals surface area (Å²) in [6, 6.07) is 10.3.